The van der Waals surface area contributed by atoms with Gasteiger partial charge in [0.05, 0.1) is 5.69 Å². The van der Waals surface area contributed by atoms with Crippen molar-refractivity contribution >= 4 is 5.91 Å². The van der Waals surface area contributed by atoms with Gasteiger partial charge in [0.1, 0.15) is 0 Å². The Balaban J connectivity index is 1.94. The van der Waals surface area contributed by atoms with Crippen molar-refractivity contribution in [2.45, 2.75) is 32.7 Å². The molecule has 0 aliphatic heterocycles. The number of amides is 1. The molecule has 1 aliphatic carbocycles. The molecule has 2 rings (SSSR count). The molecule has 0 saturated heterocycles. The zero-order valence-corrected chi connectivity index (χ0v) is 10.2. The van der Waals surface area contributed by atoms with E-state index in [4.69, 9.17) is 5.73 Å². The lowest BCUT2D eigenvalue weighted by molar-refractivity contribution is 0.0890. The largest absolute Gasteiger partial charge is 0.351 e. The number of hydrogen-bond acceptors (Lipinski definition) is 3. The number of carbonyl (C=O) groups is 1. The van der Waals surface area contributed by atoms with Gasteiger partial charge in [0, 0.05) is 24.8 Å². The van der Waals surface area contributed by atoms with E-state index in [2.05, 4.69) is 17.2 Å². The molecule has 92 valence electrons. The van der Waals surface area contributed by atoms with Gasteiger partial charge in [0.25, 0.3) is 5.91 Å². The van der Waals surface area contributed by atoms with E-state index in [-0.39, 0.29) is 5.91 Å². The molecule has 0 unspecified atom stereocenters. The SMILES string of the molecule is CC1(CNC(=O)c2ccnc(CN)c2)CCC1. The van der Waals surface area contributed by atoms with Crippen molar-refractivity contribution in [2.75, 3.05) is 6.54 Å². The number of nitrogens with two attached hydrogens (primary N) is 1. The second-order valence-electron chi connectivity index (χ2n) is 5.09. The monoisotopic (exact) mass is 233 g/mol. The van der Waals surface area contributed by atoms with Gasteiger partial charge in [-0.1, -0.05) is 13.3 Å². The van der Waals surface area contributed by atoms with Gasteiger partial charge < -0.3 is 11.1 Å². The van der Waals surface area contributed by atoms with Crippen LogP contribution in [-0.4, -0.2) is 17.4 Å². The number of nitrogens with one attached hydrogen (secondary N) is 1. The first kappa shape index (κ1) is 12.0. The molecule has 0 atom stereocenters. The van der Waals surface area contributed by atoms with E-state index in [1.54, 1.807) is 18.3 Å². The summed E-state index contributed by atoms with van der Waals surface area (Å²) in [6, 6.07) is 3.47. The van der Waals surface area contributed by atoms with Crippen LogP contribution >= 0.6 is 0 Å². The van der Waals surface area contributed by atoms with Crippen molar-refractivity contribution < 1.29 is 4.79 Å². The number of aromatic nitrogens is 1. The Morgan fingerprint density at radius 3 is 2.94 bits per heavy atom. The highest BCUT2D eigenvalue weighted by Crippen LogP contribution is 2.39. The minimum absolute atomic E-state index is 0.0322. The maximum atomic E-state index is 11.9. The normalized spacial score (nSPS) is 17.3. The van der Waals surface area contributed by atoms with E-state index in [0.29, 0.717) is 17.5 Å². The molecule has 1 fully saturated rings. The Labute approximate surface area is 102 Å². The first-order valence-corrected chi connectivity index (χ1v) is 6.06. The van der Waals surface area contributed by atoms with Crippen LogP contribution in [0.5, 0.6) is 0 Å². The highest BCUT2D eigenvalue weighted by molar-refractivity contribution is 5.94. The quantitative estimate of drug-likeness (QED) is 0.827. The number of carbonyl (C=O) groups excluding carboxylic acids is 1. The third kappa shape index (κ3) is 2.82. The maximum absolute atomic E-state index is 11.9. The summed E-state index contributed by atoms with van der Waals surface area (Å²) in [6.45, 7) is 3.33. The zero-order valence-electron chi connectivity index (χ0n) is 10.2. The molecule has 0 radical (unpaired) electrons. The number of hydrogen-bond donors (Lipinski definition) is 2. The van der Waals surface area contributed by atoms with Crippen LogP contribution in [0.2, 0.25) is 0 Å². The van der Waals surface area contributed by atoms with Gasteiger partial charge in [-0.25, -0.2) is 0 Å². The first-order valence-electron chi connectivity index (χ1n) is 6.06. The summed E-state index contributed by atoms with van der Waals surface area (Å²) in [5, 5.41) is 2.99. The van der Waals surface area contributed by atoms with Gasteiger partial charge in [-0.3, -0.25) is 9.78 Å². The molecule has 0 aromatic carbocycles. The van der Waals surface area contributed by atoms with Gasteiger partial charge in [0.2, 0.25) is 0 Å². The molecule has 1 aromatic heterocycles. The fourth-order valence-corrected chi connectivity index (χ4v) is 2.08. The molecule has 17 heavy (non-hydrogen) atoms. The minimum Gasteiger partial charge on any atom is -0.351 e. The van der Waals surface area contributed by atoms with Gasteiger partial charge in [-0.15, -0.1) is 0 Å². The fourth-order valence-electron chi connectivity index (χ4n) is 2.08. The van der Waals surface area contributed by atoms with Crippen LogP contribution in [-0.2, 0) is 6.54 Å². The van der Waals surface area contributed by atoms with Crippen LogP contribution in [0.3, 0.4) is 0 Å². The Kier molecular flexibility index (Phi) is 3.43. The highest BCUT2D eigenvalue weighted by atomic mass is 16.1. The summed E-state index contributed by atoms with van der Waals surface area (Å²) in [4.78, 5) is 16.0. The predicted octanol–water partition coefficient (Wildman–Crippen LogP) is 1.46. The molecule has 1 aliphatic rings. The van der Waals surface area contributed by atoms with Crippen LogP contribution in [0, 0.1) is 5.41 Å². The van der Waals surface area contributed by atoms with Crippen LogP contribution in [0.25, 0.3) is 0 Å². The molecule has 3 N–H and O–H groups in total. The third-order valence-corrected chi connectivity index (χ3v) is 3.52. The lowest BCUT2D eigenvalue weighted by atomic mass is 9.70. The predicted molar refractivity (Wildman–Crippen MR) is 66.4 cm³/mol. The summed E-state index contributed by atoms with van der Waals surface area (Å²) in [6.07, 6.45) is 5.32. The van der Waals surface area contributed by atoms with Gasteiger partial charge in [-0.05, 0) is 30.4 Å². The van der Waals surface area contributed by atoms with Crippen molar-refractivity contribution in [1.82, 2.24) is 10.3 Å². The Morgan fingerprint density at radius 1 is 1.59 bits per heavy atom. The van der Waals surface area contributed by atoms with Crippen LogP contribution in [0.1, 0.15) is 42.2 Å². The summed E-state index contributed by atoms with van der Waals surface area (Å²) in [5.74, 6) is -0.0322. The third-order valence-electron chi connectivity index (χ3n) is 3.52. The molecule has 0 bridgehead atoms. The molecular formula is C13H19N3O. The topological polar surface area (TPSA) is 68.0 Å². The number of rotatable bonds is 4. The van der Waals surface area contributed by atoms with Crippen molar-refractivity contribution in [1.29, 1.82) is 0 Å². The summed E-state index contributed by atoms with van der Waals surface area (Å²) < 4.78 is 0. The number of nitrogens with zero attached hydrogens (tertiary/aromatic N) is 1. The molecule has 1 aromatic rings. The van der Waals surface area contributed by atoms with Crippen molar-refractivity contribution in [3.63, 3.8) is 0 Å². The zero-order chi connectivity index (χ0) is 12.3. The van der Waals surface area contributed by atoms with E-state index in [1.165, 1.54) is 19.3 Å². The van der Waals surface area contributed by atoms with Crippen molar-refractivity contribution in [3.8, 4) is 0 Å². The second-order valence-corrected chi connectivity index (χ2v) is 5.09. The van der Waals surface area contributed by atoms with Crippen molar-refractivity contribution in [2.24, 2.45) is 11.1 Å². The Bertz CT molecular complexity index is 413. The molecule has 1 heterocycles. The smallest absolute Gasteiger partial charge is 0.251 e. The molecule has 4 nitrogen and oxygen atoms in total. The van der Waals surface area contributed by atoms with Crippen LogP contribution in [0.15, 0.2) is 18.3 Å². The molecule has 1 saturated carbocycles. The van der Waals surface area contributed by atoms with Crippen molar-refractivity contribution in [3.05, 3.63) is 29.6 Å². The molecular weight excluding hydrogens is 214 g/mol. The van der Waals surface area contributed by atoms with E-state index in [1.807, 2.05) is 0 Å². The summed E-state index contributed by atoms with van der Waals surface area (Å²) in [7, 11) is 0. The van der Waals surface area contributed by atoms with E-state index in [9.17, 15) is 4.79 Å². The lowest BCUT2D eigenvalue weighted by Gasteiger charge is -2.38. The first-order chi connectivity index (χ1) is 8.13. The highest BCUT2D eigenvalue weighted by Gasteiger charge is 2.31. The van der Waals surface area contributed by atoms with Gasteiger partial charge >= 0.3 is 0 Å². The maximum Gasteiger partial charge on any atom is 0.251 e. The Morgan fingerprint density at radius 2 is 2.35 bits per heavy atom. The summed E-state index contributed by atoms with van der Waals surface area (Å²) in [5.41, 5.74) is 7.19. The van der Waals surface area contributed by atoms with Crippen LogP contribution < -0.4 is 11.1 Å². The average Bonchev–Trinajstić information content (AvgIpc) is 2.33. The Hall–Kier alpha value is -1.42. The van der Waals surface area contributed by atoms with Gasteiger partial charge in [-0.2, -0.15) is 0 Å². The van der Waals surface area contributed by atoms with E-state index < -0.39 is 0 Å². The molecule has 1 amide bonds. The van der Waals surface area contributed by atoms with E-state index >= 15 is 0 Å². The number of pyridine rings is 1. The fraction of sp³-hybridized carbons (Fsp3) is 0.538. The average molecular weight is 233 g/mol. The standard InChI is InChI=1S/C13H19N3O/c1-13(4-2-5-13)9-16-12(17)10-3-6-15-11(7-10)8-14/h3,6-7H,2,4-5,8-9,14H2,1H3,(H,16,17). The van der Waals surface area contributed by atoms with Gasteiger partial charge in [0.15, 0.2) is 0 Å². The molecule has 0 spiro atoms. The summed E-state index contributed by atoms with van der Waals surface area (Å²) >= 11 is 0. The second kappa shape index (κ2) is 4.84. The van der Waals surface area contributed by atoms with Crippen LogP contribution in [0.4, 0.5) is 0 Å². The lowest BCUT2D eigenvalue weighted by Crippen LogP contribution is -2.39. The molecule has 4 heteroatoms. The van der Waals surface area contributed by atoms with E-state index in [0.717, 1.165) is 12.2 Å². The minimum atomic E-state index is -0.0322.